The number of carbonyl (C=O) groups is 1. The molecular formula is C16H22Cl2N2O. The van der Waals surface area contributed by atoms with Crippen LogP contribution in [0, 0.1) is 0 Å². The van der Waals surface area contributed by atoms with Gasteiger partial charge in [0.15, 0.2) is 5.78 Å². The smallest absolute Gasteiger partial charge is 0.176 e. The summed E-state index contributed by atoms with van der Waals surface area (Å²) in [6, 6.07) is 5.70. The van der Waals surface area contributed by atoms with E-state index in [4.69, 9.17) is 23.2 Å². The molecule has 1 fully saturated rings. The molecule has 1 aliphatic heterocycles. The fourth-order valence-corrected chi connectivity index (χ4v) is 2.88. The highest BCUT2D eigenvalue weighted by Gasteiger charge is 2.22. The predicted molar refractivity (Wildman–Crippen MR) is 88.6 cm³/mol. The van der Waals surface area contributed by atoms with Crippen LogP contribution in [-0.2, 0) is 0 Å². The van der Waals surface area contributed by atoms with Gasteiger partial charge in [0.25, 0.3) is 0 Å². The van der Waals surface area contributed by atoms with Crippen LogP contribution in [0.4, 0.5) is 0 Å². The summed E-state index contributed by atoms with van der Waals surface area (Å²) in [5, 5.41) is 0.916. The van der Waals surface area contributed by atoms with E-state index in [0.29, 0.717) is 28.2 Å². The van der Waals surface area contributed by atoms with Crippen LogP contribution in [0.2, 0.25) is 10.0 Å². The molecule has 0 aromatic heterocycles. The van der Waals surface area contributed by atoms with Crippen LogP contribution < -0.4 is 0 Å². The number of benzene rings is 1. The van der Waals surface area contributed by atoms with Crippen molar-refractivity contribution in [3.63, 3.8) is 0 Å². The average Bonchev–Trinajstić information content (AvgIpc) is 2.50. The van der Waals surface area contributed by atoms with Crippen molar-refractivity contribution in [2.24, 2.45) is 0 Å². The summed E-state index contributed by atoms with van der Waals surface area (Å²) in [6.07, 6.45) is 1.17. The van der Waals surface area contributed by atoms with Gasteiger partial charge in [0.1, 0.15) is 0 Å². The third-order valence-corrected chi connectivity index (χ3v) is 4.97. The van der Waals surface area contributed by atoms with Crippen LogP contribution in [0.3, 0.4) is 0 Å². The van der Waals surface area contributed by atoms with E-state index in [2.05, 4.69) is 23.6 Å². The maximum absolute atomic E-state index is 12.3. The molecule has 1 heterocycles. The molecule has 2 rings (SSSR count). The average molecular weight is 329 g/mol. The fraction of sp³-hybridized carbons (Fsp3) is 0.562. The van der Waals surface area contributed by atoms with Crippen molar-refractivity contribution in [1.29, 1.82) is 0 Å². The molecule has 1 unspecified atom stereocenters. The van der Waals surface area contributed by atoms with Crippen LogP contribution in [0.1, 0.15) is 30.6 Å². The molecule has 3 nitrogen and oxygen atoms in total. The van der Waals surface area contributed by atoms with Gasteiger partial charge in [-0.1, -0.05) is 30.1 Å². The highest BCUT2D eigenvalue weighted by molar-refractivity contribution is 6.42. The Balaban J connectivity index is 1.88. The molecule has 5 heteroatoms. The van der Waals surface area contributed by atoms with E-state index < -0.39 is 0 Å². The van der Waals surface area contributed by atoms with Gasteiger partial charge in [0.05, 0.1) is 16.6 Å². The minimum Gasteiger partial charge on any atom is -0.298 e. The number of Topliss-reactive ketones (excluding diaryl/α,β-unsaturated/α-hetero) is 1. The van der Waals surface area contributed by atoms with E-state index >= 15 is 0 Å². The van der Waals surface area contributed by atoms with Gasteiger partial charge in [-0.15, -0.1) is 0 Å². The maximum Gasteiger partial charge on any atom is 0.176 e. The largest absolute Gasteiger partial charge is 0.298 e. The van der Waals surface area contributed by atoms with Crippen LogP contribution in [0.5, 0.6) is 0 Å². The number of hydrogen-bond acceptors (Lipinski definition) is 3. The zero-order valence-electron chi connectivity index (χ0n) is 12.6. The highest BCUT2D eigenvalue weighted by Crippen LogP contribution is 2.23. The number of ketones is 1. The van der Waals surface area contributed by atoms with Gasteiger partial charge < -0.3 is 0 Å². The first-order valence-corrected chi connectivity index (χ1v) is 8.21. The molecule has 0 bridgehead atoms. The fourth-order valence-electron chi connectivity index (χ4n) is 2.58. The Kier molecular flexibility index (Phi) is 6.06. The van der Waals surface area contributed by atoms with Crippen molar-refractivity contribution in [3.05, 3.63) is 33.8 Å². The van der Waals surface area contributed by atoms with E-state index in [-0.39, 0.29) is 5.78 Å². The maximum atomic E-state index is 12.3. The molecule has 1 atom stereocenters. The molecule has 0 aliphatic carbocycles. The summed E-state index contributed by atoms with van der Waals surface area (Å²) < 4.78 is 0. The lowest BCUT2D eigenvalue weighted by Crippen LogP contribution is -2.50. The Morgan fingerprint density at radius 3 is 2.43 bits per heavy atom. The van der Waals surface area contributed by atoms with E-state index in [9.17, 15) is 4.79 Å². The summed E-state index contributed by atoms with van der Waals surface area (Å²) in [4.78, 5) is 17.0. The van der Waals surface area contributed by atoms with Gasteiger partial charge in [-0.25, -0.2) is 0 Å². The summed E-state index contributed by atoms with van der Waals surface area (Å²) in [5.41, 5.74) is 0.633. The zero-order chi connectivity index (χ0) is 15.4. The molecule has 1 aromatic rings. The van der Waals surface area contributed by atoms with Crippen LogP contribution >= 0.6 is 23.2 Å². The molecule has 116 valence electrons. The summed E-state index contributed by atoms with van der Waals surface area (Å²) in [5.74, 6) is 0.102. The lowest BCUT2D eigenvalue weighted by Gasteiger charge is -2.37. The molecule has 21 heavy (non-hydrogen) atoms. The second-order valence-corrected chi connectivity index (χ2v) is 6.44. The van der Waals surface area contributed by atoms with E-state index in [1.54, 1.807) is 18.2 Å². The molecular weight excluding hydrogens is 307 g/mol. The van der Waals surface area contributed by atoms with Crippen LogP contribution in [-0.4, -0.2) is 54.3 Å². The number of hydrogen-bond donors (Lipinski definition) is 0. The summed E-state index contributed by atoms with van der Waals surface area (Å²) >= 11 is 11.8. The molecule has 0 amide bonds. The van der Waals surface area contributed by atoms with Crippen molar-refractivity contribution < 1.29 is 4.79 Å². The molecule has 0 radical (unpaired) electrons. The van der Waals surface area contributed by atoms with Gasteiger partial charge in [-0.3, -0.25) is 14.6 Å². The van der Waals surface area contributed by atoms with Gasteiger partial charge in [0, 0.05) is 37.8 Å². The van der Waals surface area contributed by atoms with E-state index in [1.807, 2.05) is 0 Å². The van der Waals surface area contributed by atoms with Crippen molar-refractivity contribution in [2.45, 2.75) is 26.3 Å². The minimum atomic E-state index is 0.102. The Hall–Kier alpha value is -0.610. The second kappa shape index (κ2) is 7.59. The van der Waals surface area contributed by atoms with Crippen molar-refractivity contribution in [3.8, 4) is 0 Å². The van der Waals surface area contributed by atoms with Crippen LogP contribution in [0.25, 0.3) is 0 Å². The van der Waals surface area contributed by atoms with Gasteiger partial charge in [-0.2, -0.15) is 0 Å². The Labute approximate surface area is 136 Å². The van der Waals surface area contributed by atoms with Crippen LogP contribution in [0.15, 0.2) is 18.2 Å². The lowest BCUT2D eigenvalue weighted by atomic mass is 10.1. The summed E-state index contributed by atoms with van der Waals surface area (Å²) in [6.45, 7) is 8.87. The Morgan fingerprint density at radius 1 is 1.19 bits per heavy atom. The number of piperazine rings is 1. The van der Waals surface area contributed by atoms with Crippen molar-refractivity contribution in [2.75, 3.05) is 32.7 Å². The van der Waals surface area contributed by atoms with Gasteiger partial charge in [-0.05, 0) is 31.5 Å². The monoisotopic (exact) mass is 328 g/mol. The van der Waals surface area contributed by atoms with E-state index in [1.165, 1.54) is 6.42 Å². The molecule has 1 aromatic carbocycles. The topological polar surface area (TPSA) is 23.6 Å². The minimum absolute atomic E-state index is 0.102. The molecule has 1 aliphatic rings. The molecule has 0 saturated carbocycles. The number of carbonyl (C=O) groups excluding carboxylic acids is 1. The normalized spacial score (nSPS) is 18.7. The molecule has 0 N–H and O–H groups in total. The Bertz CT molecular complexity index is 499. The predicted octanol–water partition coefficient (Wildman–Crippen LogP) is 3.59. The van der Waals surface area contributed by atoms with Gasteiger partial charge in [0.2, 0.25) is 0 Å². The van der Waals surface area contributed by atoms with E-state index in [0.717, 1.165) is 26.2 Å². The Morgan fingerprint density at radius 2 is 1.86 bits per heavy atom. The zero-order valence-corrected chi connectivity index (χ0v) is 14.1. The second-order valence-electron chi connectivity index (χ2n) is 5.62. The molecule has 1 saturated heterocycles. The van der Waals surface area contributed by atoms with Crippen molar-refractivity contribution >= 4 is 29.0 Å². The first-order valence-electron chi connectivity index (χ1n) is 7.46. The third kappa shape index (κ3) is 4.43. The first kappa shape index (κ1) is 16.8. The third-order valence-electron chi connectivity index (χ3n) is 4.23. The number of halogens is 2. The molecule has 0 spiro atoms. The standard InChI is InChI=1S/C16H22Cl2N2O/c1-3-12(2)20-8-6-19(7-9-20)11-16(21)13-4-5-14(17)15(18)10-13/h4-5,10,12H,3,6-9,11H2,1-2H3. The number of rotatable bonds is 5. The highest BCUT2D eigenvalue weighted by atomic mass is 35.5. The summed E-state index contributed by atoms with van der Waals surface area (Å²) in [7, 11) is 0. The SMILES string of the molecule is CCC(C)N1CCN(CC(=O)c2ccc(Cl)c(Cl)c2)CC1. The lowest BCUT2D eigenvalue weighted by molar-refractivity contribution is 0.0784. The first-order chi connectivity index (χ1) is 10.0. The van der Waals surface area contributed by atoms with Gasteiger partial charge >= 0.3 is 0 Å². The van der Waals surface area contributed by atoms with Crippen molar-refractivity contribution in [1.82, 2.24) is 9.80 Å². The number of nitrogens with zero attached hydrogens (tertiary/aromatic N) is 2. The quantitative estimate of drug-likeness (QED) is 0.771.